The van der Waals surface area contributed by atoms with Gasteiger partial charge in [0.2, 0.25) is 0 Å². The average Bonchev–Trinajstić information content (AvgIpc) is 3.69. The first-order valence-corrected chi connectivity index (χ1v) is 15.5. The summed E-state index contributed by atoms with van der Waals surface area (Å²) in [5.74, 6) is -0.538. The second-order valence-corrected chi connectivity index (χ2v) is 12.1. The molecule has 2 aromatic heterocycles. The van der Waals surface area contributed by atoms with Crippen LogP contribution in [0, 0.1) is 17.1 Å². The average molecular weight is 655 g/mol. The number of pyridine rings is 1. The van der Waals surface area contributed by atoms with Gasteiger partial charge in [0, 0.05) is 47.6 Å². The first kappa shape index (κ1) is 28.8. The third-order valence-electron chi connectivity index (χ3n) is 7.56. The second kappa shape index (κ2) is 12.2. The maximum absolute atomic E-state index is 13.8. The van der Waals surface area contributed by atoms with E-state index in [2.05, 4.69) is 37.5 Å². The Bertz CT molecular complexity index is 1790. The van der Waals surface area contributed by atoms with E-state index in [1.807, 2.05) is 22.7 Å². The summed E-state index contributed by atoms with van der Waals surface area (Å²) >= 11 is 14.4. The number of nitrogens with zero attached hydrogens (tertiary/aromatic N) is 5. The molecule has 2 aromatic carbocycles. The molecule has 4 aromatic rings. The van der Waals surface area contributed by atoms with Crippen molar-refractivity contribution in [2.24, 2.45) is 0 Å². The normalized spacial score (nSPS) is 17.5. The largest absolute Gasteiger partial charge is 0.378 e. The predicted octanol–water partition coefficient (Wildman–Crippen LogP) is 5.31. The summed E-state index contributed by atoms with van der Waals surface area (Å²) in [5.41, 5.74) is 10.6. The number of rotatable bonds is 8. The summed E-state index contributed by atoms with van der Waals surface area (Å²) in [6.07, 6.45) is 3.47. The van der Waals surface area contributed by atoms with Crippen LogP contribution in [-0.2, 0) is 9.47 Å². The van der Waals surface area contributed by atoms with E-state index < -0.39 is 5.82 Å². The minimum atomic E-state index is -0.538. The highest BCUT2D eigenvalue weighted by molar-refractivity contribution is 7.13. The first-order chi connectivity index (χ1) is 21.5. The van der Waals surface area contributed by atoms with Crippen molar-refractivity contribution in [3.63, 3.8) is 0 Å². The fourth-order valence-corrected chi connectivity index (χ4v) is 6.49. The van der Waals surface area contributed by atoms with Gasteiger partial charge in [-0.15, -0.1) is 16.9 Å². The van der Waals surface area contributed by atoms with Crippen LogP contribution in [-0.4, -0.2) is 60.5 Å². The fraction of sp³-hybridized carbons (Fsp3) is 0.276. The van der Waals surface area contributed by atoms with Crippen LogP contribution in [0.15, 0.2) is 53.8 Å². The lowest BCUT2D eigenvalue weighted by molar-refractivity contribution is -0.0635. The van der Waals surface area contributed by atoms with Gasteiger partial charge in [0.05, 0.1) is 70.7 Å². The minimum absolute atomic E-state index is 0.0386. The molecule has 44 heavy (non-hydrogen) atoms. The van der Waals surface area contributed by atoms with E-state index in [0.29, 0.717) is 65.0 Å². The molecule has 0 radical (unpaired) electrons. The number of halogens is 3. The zero-order valence-corrected chi connectivity index (χ0v) is 25.4. The molecule has 2 fully saturated rings. The molecule has 0 saturated carbocycles. The molecule has 0 bridgehead atoms. The molecule has 2 saturated heterocycles. The molecule has 0 unspecified atom stereocenters. The summed E-state index contributed by atoms with van der Waals surface area (Å²) in [7, 11) is 0. The molecule has 5 heterocycles. The molecule has 0 spiro atoms. The minimum Gasteiger partial charge on any atom is -0.378 e. The van der Waals surface area contributed by atoms with Gasteiger partial charge < -0.3 is 30.4 Å². The molecule has 1 atom stereocenters. The van der Waals surface area contributed by atoms with Gasteiger partial charge in [0.1, 0.15) is 17.9 Å². The smallest absolute Gasteiger partial charge is 0.185 e. The lowest BCUT2D eigenvalue weighted by Crippen LogP contribution is -2.52. The number of benzene rings is 2. The van der Waals surface area contributed by atoms with Crippen molar-refractivity contribution in [3.8, 4) is 6.07 Å². The van der Waals surface area contributed by atoms with Crippen molar-refractivity contribution in [2.75, 3.05) is 55.1 Å². The van der Waals surface area contributed by atoms with E-state index >= 15 is 0 Å². The van der Waals surface area contributed by atoms with Crippen molar-refractivity contribution in [2.45, 2.75) is 12.1 Å². The van der Waals surface area contributed by atoms with Crippen molar-refractivity contribution in [3.05, 3.63) is 80.9 Å². The summed E-state index contributed by atoms with van der Waals surface area (Å²) in [4.78, 5) is 11.7. The number of hydrazine groups is 2. The lowest BCUT2D eigenvalue weighted by atomic mass is 10.1. The van der Waals surface area contributed by atoms with Crippen LogP contribution in [0.2, 0.25) is 10.0 Å². The van der Waals surface area contributed by atoms with Crippen molar-refractivity contribution >= 4 is 67.6 Å². The van der Waals surface area contributed by atoms with Crippen LogP contribution in [0.1, 0.15) is 17.3 Å². The molecule has 3 aliphatic heterocycles. The highest BCUT2D eigenvalue weighted by Crippen LogP contribution is 2.38. The molecule has 7 rings (SSSR count). The molecule has 4 N–H and O–H groups in total. The highest BCUT2D eigenvalue weighted by Gasteiger charge is 2.31. The van der Waals surface area contributed by atoms with E-state index in [1.54, 1.807) is 23.5 Å². The summed E-state index contributed by atoms with van der Waals surface area (Å²) in [6, 6.07) is 9.97. The lowest BCUT2D eigenvalue weighted by Gasteiger charge is -2.33. The zero-order chi connectivity index (χ0) is 30.2. The third kappa shape index (κ3) is 5.68. The van der Waals surface area contributed by atoms with Gasteiger partial charge in [-0.05, 0) is 30.3 Å². The number of hydrogen-bond donors (Lipinski definition) is 4. The number of nitrogens with one attached hydrogen (secondary N) is 4. The Kier molecular flexibility index (Phi) is 8.02. The molecule has 226 valence electrons. The van der Waals surface area contributed by atoms with Crippen molar-refractivity contribution in [1.29, 1.82) is 5.26 Å². The van der Waals surface area contributed by atoms with E-state index in [0.717, 1.165) is 29.6 Å². The van der Waals surface area contributed by atoms with E-state index in [1.165, 1.54) is 18.3 Å². The predicted molar refractivity (Wildman–Crippen MR) is 168 cm³/mol. The standard InChI is InChI=1S/C29H26Cl2FN9O2S/c30-21-8-17(1-2-23(21)32)35-26-16(10-33)11-34-27-20(26)7-18(9-22(27)31)36-28(24-12-41(39-38-24)19-13-43-14-19)25-15-44-29(37-25)40-3-5-42-6-4-40/h1-2,7-9,11-12,15,19,28,36,38-39H,3-6,13-14H2,(H,34,35)/t28-/m1/s1. The maximum Gasteiger partial charge on any atom is 0.185 e. The van der Waals surface area contributed by atoms with Crippen LogP contribution >= 0.6 is 34.5 Å². The first-order valence-electron chi connectivity index (χ1n) is 13.9. The van der Waals surface area contributed by atoms with Gasteiger partial charge in [-0.3, -0.25) is 9.99 Å². The number of fused-ring (bicyclic) bond motifs is 1. The van der Waals surface area contributed by atoms with Crippen LogP contribution in [0.4, 0.5) is 26.6 Å². The quantitative estimate of drug-likeness (QED) is 0.198. The van der Waals surface area contributed by atoms with E-state index in [4.69, 9.17) is 37.7 Å². The molecular formula is C29H26Cl2FN9O2S. The molecule has 3 aliphatic rings. The number of ether oxygens (including phenoxy) is 2. The third-order valence-corrected chi connectivity index (χ3v) is 9.06. The molecule has 11 nitrogen and oxygen atoms in total. The van der Waals surface area contributed by atoms with Gasteiger partial charge in [-0.25, -0.2) is 9.37 Å². The molecule has 0 aliphatic carbocycles. The fourth-order valence-electron chi connectivity index (χ4n) is 5.14. The second-order valence-electron chi connectivity index (χ2n) is 10.4. The number of nitriles is 1. The number of hydrogen-bond acceptors (Lipinski definition) is 12. The zero-order valence-electron chi connectivity index (χ0n) is 23.1. The highest BCUT2D eigenvalue weighted by atomic mass is 35.5. The monoisotopic (exact) mass is 653 g/mol. The van der Waals surface area contributed by atoms with Gasteiger partial charge in [0.15, 0.2) is 5.13 Å². The maximum atomic E-state index is 13.8. The Balaban J connectivity index is 1.27. The Morgan fingerprint density at radius 2 is 1.93 bits per heavy atom. The van der Waals surface area contributed by atoms with Gasteiger partial charge in [-0.1, -0.05) is 23.2 Å². The Morgan fingerprint density at radius 3 is 2.68 bits per heavy atom. The van der Waals surface area contributed by atoms with Crippen LogP contribution < -0.4 is 26.5 Å². The van der Waals surface area contributed by atoms with E-state index in [-0.39, 0.29) is 17.1 Å². The van der Waals surface area contributed by atoms with Gasteiger partial charge in [-0.2, -0.15) is 5.26 Å². The van der Waals surface area contributed by atoms with E-state index in [9.17, 15) is 9.65 Å². The number of anilines is 4. The summed E-state index contributed by atoms with van der Waals surface area (Å²) < 4.78 is 24.7. The number of thiazole rings is 1. The number of aromatic nitrogens is 2. The number of morpholine rings is 1. The van der Waals surface area contributed by atoms with Crippen LogP contribution in [0.25, 0.3) is 10.9 Å². The molecule has 0 amide bonds. The Labute approximate surface area is 266 Å². The molecular weight excluding hydrogens is 628 g/mol. The Morgan fingerprint density at radius 1 is 1.11 bits per heavy atom. The van der Waals surface area contributed by atoms with Crippen LogP contribution in [0.5, 0.6) is 0 Å². The topological polar surface area (TPSA) is 123 Å². The van der Waals surface area contributed by atoms with Gasteiger partial charge in [0.25, 0.3) is 0 Å². The van der Waals surface area contributed by atoms with Crippen molar-refractivity contribution < 1.29 is 13.9 Å². The summed E-state index contributed by atoms with van der Waals surface area (Å²) in [5, 5.41) is 22.7. The van der Waals surface area contributed by atoms with Crippen LogP contribution in [0.3, 0.4) is 0 Å². The Hall–Kier alpha value is -3.90. The molecule has 15 heteroatoms. The SMILES string of the molecule is N#Cc1cnc2c(Cl)cc(N[C@H](C3=CN(C4COC4)NN3)c3csc(N4CCOCC4)n3)cc2c1Nc1ccc(F)c(Cl)c1. The summed E-state index contributed by atoms with van der Waals surface area (Å²) in [6.45, 7) is 4.18. The van der Waals surface area contributed by atoms with Crippen molar-refractivity contribution in [1.82, 2.24) is 25.9 Å². The van der Waals surface area contributed by atoms with Gasteiger partial charge >= 0.3 is 0 Å².